The average molecular weight is 463 g/mol. The van der Waals surface area contributed by atoms with Crippen LogP contribution in [0.4, 0.5) is 17.1 Å². The quantitative estimate of drug-likeness (QED) is 0.258. The lowest BCUT2D eigenvalue weighted by Gasteiger charge is -2.14. The van der Waals surface area contributed by atoms with Crippen LogP contribution >= 0.6 is 24.0 Å². The van der Waals surface area contributed by atoms with E-state index in [1.54, 1.807) is 18.2 Å². The highest BCUT2D eigenvalue weighted by molar-refractivity contribution is 8.26. The Morgan fingerprint density at radius 1 is 1.26 bits per heavy atom. The van der Waals surface area contributed by atoms with Gasteiger partial charge in [0.2, 0.25) is 5.91 Å². The van der Waals surface area contributed by atoms with Crippen molar-refractivity contribution in [2.24, 2.45) is 0 Å². The molecule has 0 radical (unpaired) electrons. The summed E-state index contributed by atoms with van der Waals surface area (Å²) in [5.74, 6) is -0.443. The van der Waals surface area contributed by atoms with Crippen LogP contribution in [0.5, 0.6) is 0 Å². The molecular weight excluding hydrogens is 450 g/mol. The van der Waals surface area contributed by atoms with Crippen LogP contribution in [0.3, 0.4) is 0 Å². The molecule has 2 amide bonds. The van der Waals surface area contributed by atoms with Crippen LogP contribution in [0, 0.1) is 20.2 Å². The number of carbonyl (C=O) groups excluding carboxylic acids is 2. The summed E-state index contributed by atoms with van der Waals surface area (Å²) in [5.41, 5.74) is 3.47. The third-order valence-corrected chi connectivity index (χ3v) is 5.36. The number of rotatable bonds is 8. The summed E-state index contributed by atoms with van der Waals surface area (Å²) in [6.45, 7) is -0.00394. The highest BCUT2D eigenvalue weighted by Gasteiger charge is 2.32. The Morgan fingerprint density at radius 3 is 2.68 bits per heavy atom. The fourth-order valence-corrected chi connectivity index (χ4v) is 3.79. The second-order valence-corrected chi connectivity index (χ2v) is 7.66. The van der Waals surface area contributed by atoms with Gasteiger partial charge in [0.05, 0.1) is 27.1 Å². The van der Waals surface area contributed by atoms with Gasteiger partial charge in [-0.05, 0) is 18.2 Å². The third kappa shape index (κ3) is 5.23. The third-order valence-electron chi connectivity index (χ3n) is 3.98. The van der Waals surface area contributed by atoms with E-state index in [0.29, 0.717) is 10.7 Å². The molecule has 0 saturated carbocycles. The Kier molecular flexibility index (Phi) is 6.61. The summed E-state index contributed by atoms with van der Waals surface area (Å²) in [5, 5.41) is 21.9. The van der Waals surface area contributed by atoms with Crippen LogP contribution in [0.15, 0.2) is 45.9 Å². The van der Waals surface area contributed by atoms with E-state index < -0.39 is 27.1 Å². The largest absolute Gasteiger partial charge is 0.465 e. The van der Waals surface area contributed by atoms with Gasteiger partial charge in [0, 0.05) is 25.1 Å². The Hall–Kier alpha value is -3.78. The molecule has 3 rings (SSSR count). The van der Waals surface area contributed by atoms with Crippen LogP contribution in [0.25, 0.3) is 6.08 Å². The molecule has 2 N–H and O–H groups in total. The number of anilines is 1. The maximum absolute atomic E-state index is 12.5. The van der Waals surface area contributed by atoms with E-state index in [2.05, 4.69) is 10.9 Å². The molecule has 0 unspecified atom stereocenters. The number of nitro groups is 2. The molecule has 12 nitrogen and oxygen atoms in total. The summed E-state index contributed by atoms with van der Waals surface area (Å²) in [6, 6.07) is 6.31. The van der Waals surface area contributed by atoms with Crippen molar-refractivity contribution in [1.29, 1.82) is 0 Å². The number of nitro benzene ring substituents is 2. The van der Waals surface area contributed by atoms with Crippen molar-refractivity contribution in [3.63, 3.8) is 0 Å². The van der Waals surface area contributed by atoms with Crippen LogP contribution in [-0.4, -0.2) is 37.4 Å². The minimum Gasteiger partial charge on any atom is -0.465 e. The molecule has 31 heavy (non-hydrogen) atoms. The molecular formula is C17H13N5O7S2. The molecule has 0 atom stereocenters. The second kappa shape index (κ2) is 9.36. The van der Waals surface area contributed by atoms with E-state index in [1.165, 1.54) is 11.2 Å². The number of furan rings is 1. The molecule has 2 aromatic rings. The van der Waals surface area contributed by atoms with E-state index in [9.17, 15) is 29.8 Å². The predicted octanol–water partition coefficient (Wildman–Crippen LogP) is 2.83. The van der Waals surface area contributed by atoms with E-state index >= 15 is 0 Å². The summed E-state index contributed by atoms with van der Waals surface area (Å²) in [6.07, 6.45) is 2.88. The smallest absolute Gasteiger partial charge is 0.300 e. The zero-order chi connectivity index (χ0) is 22.5. The molecule has 0 spiro atoms. The molecule has 14 heteroatoms. The van der Waals surface area contributed by atoms with E-state index in [4.69, 9.17) is 16.6 Å². The Morgan fingerprint density at radius 2 is 2.03 bits per heavy atom. The van der Waals surface area contributed by atoms with Crippen LogP contribution < -0.4 is 10.9 Å². The minimum atomic E-state index is -0.813. The van der Waals surface area contributed by atoms with Gasteiger partial charge in [-0.15, -0.1) is 0 Å². The predicted molar refractivity (Wildman–Crippen MR) is 115 cm³/mol. The summed E-state index contributed by atoms with van der Waals surface area (Å²) in [7, 11) is 0. The number of hydrogen-bond donors (Lipinski definition) is 2. The normalized spacial score (nSPS) is 14.7. The topological polar surface area (TPSA) is 161 Å². The van der Waals surface area contributed by atoms with Gasteiger partial charge >= 0.3 is 5.69 Å². The van der Waals surface area contributed by atoms with Gasteiger partial charge in [-0.2, -0.15) is 0 Å². The molecule has 1 aromatic carbocycles. The maximum Gasteiger partial charge on any atom is 0.300 e. The van der Waals surface area contributed by atoms with Crippen molar-refractivity contribution in [2.75, 3.05) is 12.0 Å². The van der Waals surface area contributed by atoms with Crippen molar-refractivity contribution < 1.29 is 23.9 Å². The summed E-state index contributed by atoms with van der Waals surface area (Å²) in [4.78, 5) is 46.5. The number of carbonyl (C=O) groups is 2. The van der Waals surface area contributed by atoms with Gasteiger partial charge in [0.1, 0.15) is 15.8 Å². The number of benzene rings is 1. The zero-order valence-electron chi connectivity index (χ0n) is 15.5. The first-order valence-corrected chi connectivity index (χ1v) is 9.75. The average Bonchev–Trinajstić information content (AvgIpc) is 3.33. The Labute approximate surface area is 183 Å². The molecule has 1 aliphatic rings. The van der Waals surface area contributed by atoms with Gasteiger partial charge in [-0.1, -0.05) is 24.0 Å². The first-order chi connectivity index (χ1) is 14.8. The monoisotopic (exact) mass is 463 g/mol. The van der Waals surface area contributed by atoms with Gasteiger partial charge < -0.3 is 4.42 Å². The van der Waals surface area contributed by atoms with Crippen molar-refractivity contribution in [3.05, 3.63) is 67.5 Å². The van der Waals surface area contributed by atoms with Crippen LogP contribution in [-0.2, 0) is 9.59 Å². The lowest BCUT2D eigenvalue weighted by Crippen LogP contribution is -2.35. The summed E-state index contributed by atoms with van der Waals surface area (Å²) >= 11 is 6.26. The highest BCUT2D eigenvalue weighted by Crippen LogP contribution is 2.32. The molecule has 1 fully saturated rings. The van der Waals surface area contributed by atoms with Crippen molar-refractivity contribution in [1.82, 2.24) is 10.3 Å². The molecule has 0 bridgehead atoms. The maximum atomic E-state index is 12.5. The number of hydrazine groups is 1. The van der Waals surface area contributed by atoms with Crippen molar-refractivity contribution in [3.8, 4) is 0 Å². The minimum absolute atomic E-state index is 0.00394. The molecule has 1 saturated heterocycles. The zero-order valence-corrected chi connectivity index (χ0v) is 17.1. The summed E-state index contributed by atoms with van der Waals surface area (Å²) < 4.78 is 5.46. The van der Waals surface area contributed by atoms with Gasteiger partial charge in [0.25, 0.3) is 11.6 Å². The van der Waals surface area contributed by atoms with Gasteiger partial charge in [-0.3, -0.25) is 45.6 Å². The number of amides is 2. The van der Waals surface area contributed by atoms with Gasteiger partial charge in [-0.25, -0.2) is 0 Å². The molecule has 160 valence electrons. The second-order valence-electron chi connectivity index (χ2n) is 5.99. The molecule has 0 aliphatic carbocycles. The lowest BCUT2D eigenvalue weighted by atomic mass is 10.2. The Bertz CT molecular complexity index is 1100. The van der Waals surface area contributed by atoms with Crippen molar-refractivity contribution in [2.45, 2.75) is 6.42 Å². The van der Waals surface area contributed by atoms with Gasteiger partial charge in [0.15, 0.2) is 0 Å². The van der Waals surface area contributed by atoms with E-state index in [-0.39, 0.29) is 28.9 Å². The standard InChI is InChI=1S/C17H13N5O7S2/c23-15(19-18-12-4-3-10(21(25)26)8-13(12)22(27)28)5-6-20-16(24)14(31-17(20)30)9-11-2-1-7-29-11/h1-4,7-9,18H,5-6H2,(H,19,23)/b14-9+. The number of nitrogens with zero attached hydrogens (tertiary/aromatic N) is 3. The first kappa shape index (κ1) is 21.9. The number of nitrogens with one attached hydrogen (secondary N) is 2. The number of thioether (sulfide) groups is 1. The van der Waals surface area contributed by atoms with E-state index in [1.807, 2.05) is 0 Å². The molecule has 1 aliphatic heterocycles. The SMILES string of the molecule is O=C(CCN1C(=O)/C(=C\c2ccco2)SC1=S)NNc1ccc([N+](=O)[O-])cc1[N+](=O)[O-]. The van der Waals surface area contributed by atoms with Crippen LogP contribution in [0.1, 0.15) is 12.2 Å². The highest BCUT2D eigenvalue weighted by atomic mass is 32.2. The number of non-ortho nitro benzene ring substituents is 1. The lowest BCUT2D eigenvalue weighted by molar-refractivity contribution is -0.393. The molecule has 2 heterocycles. The fraction of sp³-hybridized carbons (Fsp3) is 0.118. The van der Waals surface area contributed by atoms with Crippen LogP contribution in [0.2, 0.25) is 0 Å². The fourth-order valence-electron chi connectivity index (χ4n) is 2.50. The number of hydrogen-bond acceptors (Lipinski definition) is 10. The number of thiocarbonyl (C=S) groups is 1. The molecule has 1 aromatic heterocycles. The first-order valence-electron chi connectivity index (χ1n) is 8.53. The Balaban J connectivity index is 1.57. The van der Waals surface area contributed by atoms with E-state index in [0.717, 1.165) is 30.0 Å². The van der Waals surface area contributed by atoms with Crippen molar-refractivity contribution >= 4 is 63.3 Å².